The van der Waals surface area contributed by atoms with Gasteiger partial charge in [-0.2, -0.15) is 15.4 Å². The third kappa shape index (κ3) is 2.79. The fourth-order valence-corrected chi connectivity index (χ4v) is 4.92. The van der Waals surface area contributed by atoms with Gasteiger partial charge in [0.05, 0.1) is 6.54 Å². The molecule has 144 valence electrons. The van der Waals surface area contributed by atoms with Crippen molar-refractivity contribution in [3.05, 3.63) is 77.4 Å². The van der Waals surface area contributed by atoms with E-state index in [9.17, 15) is 4.79 Å². The predicted molar refractivity (Wildman–Crippen MR) is 120 cm³/mol. The zero-order chi connectivity index (χ0) is 20.1. The van der Waals surface area contributed by atoms with E-state index in [1.807, 2.05) is 18.3 Å². The van der Waals surface area contributed by atoms with Crippen LogP contribution in [0.2, 0.25) is 0 Å². The highest BCUT2D eigenvalue weighted by Crippen LogP contribution is 2.39. The molecule has 6 nitrogen and oxygen atoms in total. The van der Waals surface area contributed by atoms with Crippen molar-refractivity contribution in [3.8, 4) is 10.4 Å². The zero-order valence-corrected chi connectivity index (χ0v) is 16.5. The van der Waals surface area contributed by atoms with Gasteiger partial charge in [-0.15, -0.1) is 11.3 Å². The summed E-state index contributed by atoms with van der Waals surface area (Å²) < 4.78 is 1.25. The molecule has 1 amide bonds. The number of nitrogens with one attached hydrogen (secondary N) is 2. The molecule has 1 aliphatic rings. The molecule has 7 heteroatoms. The highest BCUT2D eigenvalue weighted by Gasteiger charge is 2.18. The topological polar surface area (TPSA) is 83.0 Å². The van der Waals surface area contributed by atoms with E-state index in [4.69, 9.17) is 0 Å². The van der Waals surface area contributed by atoms with E-state index >= 15 is 0 Å². The van der Waals surface area contributed by atoms with Gasteiger partial charge in [0.1, 0.15) is 11.0 Å². The van der Waals surface area contributed by atoms with Crippen LogP contribution in [0.4, 0.5) is 5.69 Å². The zero-order valence-electron chi connectivity index (χ0n) is 15.7. The first-order valence-electron chi connectivity index (χ1n) is 9.52. The Labute approximate surface area is 175 Å². The molecule has 1 aliphatic heterocycles. The van der Waals surface area contributed by atoms with Crippen LogP contribution in [0.1, 0.15) is 21.5 Å². The minimum Gasteiger partial charge on any atom is -0.322 e. The predicted octanol–water partition coefficient (Wildman–Crippen LogP) is 5.02. The minimum atomic E-state index is -0.183. The standard InChI is InChI=1S/C23H15N5OS/c29-23(14-5-6-19-20(8-14)27-28-26-19)25-16-7-15-11-24-12-18(15)17(10-16)22-9-13-3-1-2-4-21(13)30-22/h1-11H,12H2,(H,25,29)(H,26,27,28). The lowest BCUT2D eigenvalue weighted by molar-refractivity contribution is 0.102. The summed E-state index contributed by atoms with van der Waals surface area (Å²) in [6.07, 6.45) is 1.88. The van der Waals surface area contributed by atoms with Gasteiger partial charge in [0.15, 0.2) is 0 Å². The quantitative estimate of drug-likeness (QED) is 0.439. The third-order valence-corrected chi connectivity index (χ3v) is 6.44. The molecule has 0 fully saturated rings. The number of carbonyl (C=O) groups excluding carboxylic acids is 1. The average molecular weight is 409 g/mol. The number of rotatable bonds is 3. The molecule has 0 radical (unpaired) electrons. The summed E-state index contributed by atoms with van der Waals surface area (Å²) in [5.41, 5.74) is 6.04. The number of H-pyrrole nitrogens is 1. The average Bonchev–Trinajstić information content (AvgIpc) is 3.50. The Hall–Kier alpha value is -3.84. The highest BCUT2D eigenvalue weighted by molar-refractivity contribution is 7.22. The molecule has 30 heavy (non-hydrogen) atoms. The lowest BCUT2D eigenvalue weighted by Crippen LogP contribution is -2.12. The van der Waals surface area contributed by atoms with E-state index < -0.39 is 0 Å². The number of hydrogen-bond acceptors (Lipinski definition) is 5. The molecule has 0 spiro atoms. The molecule has 5 aromatic rings. The number of aliphatic imine (C=N–C) groups is 1. The van der Waals surface area contributed by atoms with Gasteiger partial charge >= 0.3 is 0 Å². The number of carbonyl (C=O) groups is 1. The molecule has 3 heterocycles. The van der Waals surface area contributed by atoms with Crippen LogP contribution in [-0.4, -0.2) is 27.5 Å². The van der Waals surface area contributed by atoms with Crippen molar-refractivity contribution in [2.75, 3.05) is 5.32 Å². The van der Waals surface area contributed by atoms with Crippen molar-refractivity contribution in [3.63, 3.8) is 0 Å². The van der Waals surface area contributed by atoms with Crippen LogP contribution in [0.15, 0.2) is 65.7 Å². The number of benzene rings is 3. The number of nitrogens with zero attached hydrogens (tertiary/aromatic N) is 3. The Bertz CT molecular complexity index is 1450. The third-order valence-electron chi connectivity index (χ3n) is 5.29. The van der Waals surface area contributed by atoms with Crippen LogP contribution in [-0.2, 0) is 6.54 Å². The lowest BCUT2D eigenvalue weighted by Gasteiger charge is -2.11. The molecule has 0 bridgehead atoms. The first-order chi connectivity index (χ1) is 14.7. The molecule has 0 atom stereocenters. The summed E-state index contributed by atoms with van der Waals surface area (Å²) in [6, 6.07) is 19.9. The summed E-state index contributed by atoms with van der Waals surface area (Å²) in [5, 5.41) is 14.9. The SMILES string of the molecule is O=C(Nc1cc2c(c(-c3cc4ccccc4s3)c1)CN=C2)c1ccc2n[nH]nc2c1. The van der Waals surface area contributed by atoms with Gasteiger partial charge < -0.3 is 5.32 Å². The number of aromatic nitrogens is 3. The molecule has 0 saturated heterocycles. The van der Waals surface area contributed by atoms with Gasteiger partial charge in [0.25, 0.3) is 5.91 Å². The van der Waals surface area contributed by atoms with Crippen molar-refractivity contribution in [1.82, 2.24) is 15.4 Å². The van der Waals surface area contributed by atoms with Crippen molar-refractivity contribution in [1.29, 1.82) is 0 Å². The molecule has 0 unspecified atom stereocenters. The summed E-state index contributed by atoms with van der Waals surface area (Å²) in [4.78, 5) is 18.5. The summed E-state index contributed by atoms with van der Waals surface area (Å²) in [7, 11) is 0. The van der Waals surface area contributed by atoms with E-state index in [-0.39, 0.29) is 5.91 Å². The first kappa shape index (κ1) is 17.1. The van der Waals surface area contributed by atoms with E-state index in [0.717, 1.165) is 22.3 Å². The molecular formula is C23H15N5OS. The van der Waals surface area contributed by atoms with Gasteiger partial charge in [-0.05, 0) is 59.0 Å². The normalized spacial score (nSPS) is 12.5. The number of hydrogen-bond donors (Lipinski definition) is 2. The largest absolute Gasteiger partial charge is 0.322 e. The van der Waals surface area contributed by atoms with Crippen LogP contribution in [0, 0.1) is 0 Å². The number of amides is 1. The maximum atomic E-state index is 12.9. The van der Waals surface area contributed by atoms with Crippen molar-refractivity contribution in [2.24, 2.45) is 4.99 Å². The van der Waals surface area contributed by atoms with E-state index in [1.54, 1.807) is 29.5 Å². The monoisotopic (exact) mass is 409 g/mol. The maximum absolute atomic E-state index is 12.9. The Morgan fingerprint density at radius 1 is 1.00 bits per heavy atom. The van der Waals surface area contributed by atoms with Crippen LogP contribution < -0.4 is 5.32 Å². The number of fused-ring (bicyclic) bond motifs is 3. The molecule has 2 N–H and O–H groups in total. The number of thiophene rings is 1. The second kappa shape index (κ2) is 6.60. The Balaban J connectivity index is 1.39. The van der Waals surface area contributed by atoms with Gasteiger partial charge in [-0.1, -0.05) is 18.2 Å². The second-order valence-electron chi connectivity index (χ2n) is 7.19. The van der Waals surface area contributed by atoms with Crippen molar-refractivity contribution in [2.45, 2.75) is 6.54 Å². The highest BCUT2D eigenvalue weighted by atomic mass is 32.1. The second-order valence-corrected chi connectivity index (χ2v) is 8.27. The first-order valence-corrected chi connectivity index (χ1v) is 10.3. The van der Waals surface area contributed by atoms with Crippen LogP contribution in [0.3, 0.4) is 0 Å². The lowest BCUT2D eigenvalue weighted by atomic mass is 10.00. The number of aromatic amines is 1. The van der Waals surface area contributed by atoms with Gasteiger partial charge in [0, 0.05) is 32.6 Å². The molecule has 3 aromatic carbocycles. The summed E-state index contributed by atoms with van der Waals surface area (Å²) in [6.45, 7) is 0.663. The van der Waals surface area contributed by atoms with Gasteiger partial charge in [-0.3, -0.25) is 9.79 Å². The van der Waals surface area contributed by atoms with E-state index in [2.05, 4.69) is 56.1 Å². The Kier molecular flexibility index (Phi) is 3.75. The smallest absolute Gasteiger partial charge is 0.255 e. The molecule has 2 aromatic heterocycles. The van der Waals surface area contributed by atoms with Crippen LogP contribution in [0.5, 0.6) is 0 Å². The molecular weight excluding hydrogens is 394 g/mol. The minimum absolute atomic E-state index is 0.183. The summed E-state index contributed by atoms with van der Waals surface area (Å²) >= 11 is 1.76. The fourth-order valence-electron chi connectivity index (χ4n) is 3.81. The molecule has 0 aliphatic carbocycles. The molecule has 6 rings (SSSR count). The van der Waals surface area contributed by atoms with E-state index in [1.165, 1.54) is 20.5 Å². The van der Waals surface area contributed by atoms with Gasteiger partial charge in [0.2, 0.25) is 0 Å². The van der Waals surface area contributed by atoms with E-state index in [0.29, 0.717) is 17.6 Å². The maximum Gasteiger partial charge on any atom is 0.255 e. The van der Waals surface area contributed by atoms with Crippen molar-refractivity contribution >= 4 is 50.3 Å². The Morgan fingerprint density at radius 3 is 2.83 bits per heavy atom. The summed E-state index contributed by atoms with van der Waals surface area (Å²) in [5.74, 6) is -0.183. The fraction of sp³-hybridized carbons (Fsp3) is 0.0435. The molecule has 0 saturated carbocycles. The van der Waals surface area contributed by atoms with Crippen LogP contribution >= 0.6 is 11.3 Å². The Morgan fingerprint density at radius 2 is 1.90 bits per heavy atom. The van der Waals surface area contributed by atoms with Crippen molar-refractivity contribution < 1.29 is 4.79 Å². The van der Waals surface area contributed by atoms with Gasteiger partial charge in [-0.25, -0.2) is 0 Å². The number of anilines is 1. The van der Waals surface area contributed by atoms with Crippen LogP contribution in [0.25, 0.3) is 31.6 Å².